The van der Waals surface area contributed by atoms with Gasteiger partial charge in [-0.25, -0.2) is 4.99 Å². The lowest BCUT2D eigenvalue weighted by Gasteiger charge is -2.12. The molecule has 11 heavy (non-hydrogen) atoms. The number of rotatable bonds is 3. The summed E-state index contributed by atoms with van der Waals surface area (Å²) in [6.07, 6.45) is 1.82. The van der Waals surface area contributed by atoms with Crippen LogP contribution in [0.3, 0.4) is 0 Å². The normalized spacial score (nSPS) is 16.9. The molecular formula is C8H13N2O. The highest BCUT2D eigenvalue weighted by Gasteiger charge is 2.02. The maximum absolute atomic E-state index is 5.20. The van der Waals surface area contributed by atoms with Gasteiger partial charge >= 0.3 is 0 Å². The molecule has 0 aromatic rings. The van der Waals surface area contributed by atoms with Crippen molar-refractivity contribution in [3.05, 3.63) is 18.3 Å². The van der Waals surface area contributed by atoms with E-state index in [1.54, 1.807) is 0 Å². The molecule has 0 atom stereocenters. The molecule has 1 radical (unpaired) electrons. The summed E-state index contributed by atoms with van der Waals surface area (Å²) in [5, 5.41) is 3.02. The lowest BCUT2D eigenvalue weighted by atomic mass is 10.3. The highest BCUT2D eigenvalue weighted by molar-refractivity contribution is 5.82. The molecular weight excluding hydrogens is 140 g/mol. The minimum absolute atomic E-state index is 0.639. The summed E-state index contributed by atoms with van der Waals surface area (Å²) in [5.74, 6) is 0.922. The Labute approximate surface area is 67.2 Å². The van der Waals surface area contributed by atoms with E-state index in [0.717, 1.165) is 18.0 Å². The number of aliphatic imine (C=N–C) groups is 1. The van der Waals surface area contributed by atoms with E-state index >= 15 is 0 Å². The summed E-state index contributed by atoms with van der Waals surface area (Å²) in [6.45, 7) is 7.20. The molecule has 0 spiro atoms. The summed E-state index contributed by atoms with van der Waals surface area (Å²) < 4.78 is 5.20. The molecule has 0 bridgehead atoms. The fourth-order valence-corrected chi connectivity index (χ4v) is 0.750. The topological polar surface area (TPSA) is 33.6 Å². The molecule has 1 N–H and O–H groups in total. The molecule has 0 amide bonds. The third-order valence-electron chi connectivity index (χ3n) is 1.36. The maximum Gasteiger partial charge on any atom is 0.0989 e. The van der Waals surface area contributed by atoms with Gasteiger partial charge in [0.2, 0.25) is 0 Å². The third kappa shape index (κ3) is 2.72. The standard InChI is InChI=1S/C8H13N2O/c1-3-11-6-8-4-9-7(2)10-5-8/h4-5H,3,6H2,1-2H3,(H,9,10). The van der Waals surface area contributed by atoms with E-state index < -0.39 is 0 Å². The quantitative estimate of drug-likeness (QED) is 0.658. The molecule has 1 aliphatic rings. The molecule has 0 aliphatic carbocycles. The average Bonchev–Trinajstić information content (AvgIpc) is 2.04. The Kier molecular flexibility index (Phi) is 3.11. The van der Waals surface area contributed by atoms with Crippen molar-refractivity contribution in [2.75, 3.05) is 13.2 Å². The van der Waals surface area contributed by atoms with E-state index in [0.29, 0.717) is 6.61 Å². The third-order valence-corrected chi connectivity index (χ3v) is 1.36. The van der Waals surface area contributed by atoms with Gasteiger partial charge < -0.3 is 10.1 Å². The zero-order valence-corrected chi connectivity index (χ0v) is 6.92. The second-order valence-corrected chi connectivity index (χ2v) is 2.34. The molecule has 1 heterocycles. The van der Waals surface area contributed by atoms with Gasteiger partial charge in [0.05, 0.1) is 19.0 Å². The molecule has 1 aliphatic heterocycles. The lowest BCUT2D eigenvalue weighted by Crippen LogP contribution is -2.22. The summed E-state index contributed by atoms with van der Waals surface area (Å²) in [5.41, 5.74) is 1.08. The second-order valence-electron chi connectivity index (χ2n) is 2.34. The van der Waals surface area contributed by atoms with Crippen molar-refractivity contribution in [2.45, 2.75) is 13.8 Å². The van der Waals surface area contributed by atoms with Crippen molar-refractivity contribution in [2.24, 2.45) is 4.99 Å². The van der Waals surface area contributed by atoms with Crippen LogP contribution in [0, 0.1) is 6.54 Å². The van der Waals surface area contributed by atoms with Gasteiger partial charge in [-0.2, -0.15) is 0 Å². The Balaban J connectivity index is 2.35. The fourth-order valence-electron chi connectivity index (χ4n) is 0.750. The van der Waals surface area contributed by atoms with Crippen molar-refractivity contribution >= 4 is 5.84 Å². The molecule has 0 saturated heterocycles. The van der Waals surface area contributed by atoms with Crippen molar-refractivity contribution in [1.29, 1.82) is 0 Å². The Hall–Kier alpha value is -0.830. The highest BCUT2D eigenvalue weighted by Crippen LogP contribution is 2.03. The van der Waals surface area contributed by atoms with Crippen LogP contribution >= 0.6 is 0 Å². The van der Waals surface area contributed by atoms with Crippen molar-refractivity contribution in [3.8, 4) is 0 Å². The first-order chi connectivity index (χ1) is 5.33. The molecule has 3 nitrogen and oxygen atoms in total. The maximum atomic E-state index is 5.20. The minimum atomic E-state index is 0.639. The average molecular weight is 153 g/mol. The van der Waals surface area contributed by atoms with E-state index in [1.165, 1.54) is 0 Å². The molecule has 0 aromatic carbocycles. The number of hydrogen-bond acceptors (Lipinski definition) is 3. The molecule has 0 fully saturated rings. The Morgan fingerprint density at radius 2 is 2.45 bits per heavy atom. The largest absolute Gasteiger partial charge is 0.377 e. The number of hydrogen-bond donors (Lipinski definition) is 1. The molecule has 0 aromatic heterocycles. The van der Waals surface area contributed by atoms with Crippen LogP contribution in [0.15, 0.2) is 16.8 Å². The number of nitrogens with zero attached hydrogens (tertiary/aromatic N) is 1. The van der Waals surface area contributed by atoms with Crippen molar-refractivity contribution in [1.82, 2.24) is 5.32 Å². The first kappa shape index (κ1) is 8.27. The Morgan fingerprint density at radius 1 is 1.64 bits per heavy atom. The Bertz CT molecular complexity index is 185. The first-order valence-corrected chi connectivity index (χ1v) is 3.74. The molecule has 1 rings (SSSR count). The molecule has 61 valence electrons. The predicted molar refractivity (Wildman–Crippen MR) is 45.1 cm³/mol. The van der Waals surface area contributed by atoms with Crippen LogP contribution in [0.25, 0.3) is 0 Å². The molecule has 0 unspecified atom stereocenters. The van der Waals surface area contributed by atoms with Crippen LogP contribution < -0.4 is 5.32 Å². The van der Waals surface area contributed by atoms with E-state index in [4.69, 9.17) is 4.74 Å². The van der Waals surface area contributed by atoms with Crippen LogP contribution in [-0.4, -0.2) is 19.0 Å². The highest BCUT2D eigenvalue weighted by atomic mass is 16.5. The first-order valence-electron chi connectivity index (χ1n) is 3.74. The second kappa shape index (κ2) is 4.13. The molecule has 3 heteroatoms. The van der Waals surface area contributed by atoms with E-state index in [9.17, 15) is 0 Å². The number of amidine groups is 1. The zero-order valence-electron chi connectivity index (χ0n) is 6.92. The van der Waals surface area contributed by atoms with Gasteiger partial charge in [-0.15, -0.1) is 0 Å². The van der Waals surface area contributed by atoms with Crippen LogP contribution in [0.1, 0.15) is 13.8 Å². The van der Waals surface area contributed by atoms with E-state index in [-0.39, 0.29) is 0 Å². The smallest absolute Gasteiger partial charge is 0.0989 e. The van der Waals surface area contributed by atoms with E-state index in [1.807, 2.05) is 26.6 Å². The van der Waals surface area contributed by atoms with Gasteiger partial charge in [-0.3, -0.25) is 0 Å². The molecule has 0 saturated carbocycles. The van der Waals surface area contributed by atoms with Gasteiger partial charge in [-0.05, 0) is 19.4 Å². The summed E-state index contributed by atoms with van der Waals surface area (Å²) >= 11 is 0. The summed E-state index contributed by atoms with van der Waals surface area (Å²) in [6, 6.07) is 0. The monoisotopic (exact) mass is 153 g/mol. The SMILES string of the molecule is CCOCC1=CN=C(C)N[CH]1. The minimum Gasteiger partial charge on any atom is -0.377 e. The van der Waals surface area contributed by atoms with Crippen LogP contribution in [0.2, 0.25) is 0 Å². The van der Waals surface area contributed by atoms with Crippen molar-refractivity contribution < 1.29 is 4.74 Å². The summed E-state index contributed by atoms with van der Waals surface area (Å²) in [7, 11) is 0. The van der Waals surface area contributed by atoms with Crippen molar-refractivity contribution in [3.63, 3.8) is 0 Å². The van der Waals surface area contributed by atoms with Gasteiger partial charge in [0.25, 0.3) is 0 Å². The number of ether oxygens (including phenoxy) is 1. The van der Waals surface area contributed by atoms with E-state index in [2.05, 4.69) is 10.3 Å². The van der Waals surface area contributed by atoms with Gasteiger partial charge in [-0.1, -0.05) is 0 Å². The van der Waals surface area contributed by atoms with Gasteiger partial charge in [0, 0.05) is 12.8 Å². The predicted octanol–water partition coefficient (Wildman–Crippen LogP) is 1.09. The zero-order chi connectivity index (χ0) is 8.10. The van der Waals surface area contributed by atoms with Crippen LogP contribution in [0.4, 0.5) is 0 Å². The Morgan fingerprint density at radius 3 is 3.00 bits per heavy atom. The number of nitrogens with one attached hydrogen (secondary N) is 1. The lowest BCUT2D eigenvalue weighted by molar-refractivity contribution is 0.171. The van der Waals surface area contributed by atoms with Gasteiger partial charge in [0.15, 0.2) is 0 Å². The fraction of sp³-hybridized carbons (Fsp3) is 0.500. The van der Waals surface area contributed by atoms with Crippen LogP contribution in [0.5, 0.6) is 0 Å². The van der Waals surface area contributed by atoms with Crippen LogP contribution in [-0.2, 0) is 4.74 Å². The summed E-state index contributed by atoms with van der Waals surface area (Å²) in [4.78, 5) is 4.10. The van der Waals surface area contributed by atoms with Gasteiger partial charge in [0.1, 0.15) is 0 Å².